The highest BCUT2D eigenvalue weighted by Gasteiger charge is 2.31. The first-order chi connectivity index (χ1) is 27.3. The van der Waals surface area contributed by atoms with Gasteiger partial charge in [-0.15, -0.1) is 0 Å². The third-order valence-electron chi connectivity index (χ3n) is 9.83. The second kappa shape index (κ2) is 16.2. The number of sulfonamides is 2. The van der Waals surface area contributed by atoms with Crippen LogP contribution >= 0.6 is 15.9 Å². The van der Waals surface area contributed by atoms with Gasteiger partial charge in [-0.3, -0.25) is 4.79 Å². The summed E-state index contributed by atoms with van der Waals surface area (Å²) >= 11 is 3.59. The van der Waals surface area contributed by atoms with Crippen LogP contribution in [0, 0.1) is 0 Å². The Bertz CT molecular complexity index is 2650. The maximum Gasteiger partial charge on any atom is 0.371 e. The van der Waals surface area contributed by atoms with E-state index in [2.05, 4.69) is 25.7 Å². The molecule has 0 aliphatic carbocycles. The number of hydrogen-bond acceptors (Lipinski definition) is 11. The van der Waals surface area contributed by atoms with Gasteiger partial charge in [-0.05, 0) is 94.8 Å². The van der Waals surface area contributed by atoms with Crippen molar-refractivity contribution < 1.29 is 45.1 Å². The highest BCUT2D eigenvalue weighted by Crippen LogP contribution is 2.36. The van der Waals surface area contributed by atoms with Gasteiger partial charge in [-0.2, -0.15) is 8.61 Å². The molecule has 8 rings (SSSR count). The molecule has 57 heavy (non-hydrogen) atoms. The van der Waals surface area contributed by atoms with E-state index in [1.807, 2.05) is 18.2 Å². The number of carbonyl (C=O) groups is 2. The van der Waals surface area contributed by atoms with Crippen LogP contribution in [0.3, 0.4) is 0 Å². The number of carboxylic acids is 1. The molecule has 2 saturated heterocycles. The van der Waals surface area contributed by atoms with Gasteiger partial charge in [0, 0.05) is 68.8 Å². The smallest absolute Gasteiger partial charge is 0.371 e. The van der Waals surface area contributed by atoms with Gasteiger partial charge in [0.2, 0.25) is 25.8 Å². The van der Waals surface area contributed by atoms with Crippen molar-refractivity contribution >= 4 is 81.2 Å². The molecule has 6 aromatic rings. The van der Waals surface area contributed by atoms with Crippen LogP contribution in [0.5, 0.6) is 5.75 Å². The third-order valence-corrected chi connectivity index (χ3v) is 14.5. The molecule has 2 fully saturated rings. The summed E-state index contributed by atoms with van der Waals surface area (Å²) in [5.41, 5.74) is 8.19. The van der Waals surface area contributed by atoms with Gasteiger partial charge in [0.1, 0.15) is 16.9 Å². The molecule has 1 amide bonds. The standard InChI is InChI=1S/C20H20BrN3O5S.C19H18N2O5S/c1-28-13-2-4-14(5-3-13)30(26,27)24-10-8-23(9-11-24)16-6-7-17-15(19(16)21)12-18(29-17)20(22)25;22-19(23)18-13-14-12-15(6-7-17(14)26-18)20-8-10-21(11-9-20)27(24,25)16-4-2-1-3-5-16/h2-7,12H,8-11H2,1H3,(H2,22,25);1-7,12-13H,8-11H2,(H,22,23). The van der Waals surface area contributed by atoms with E-state index in [4.69, 9.17) is 24.4 Å². The van der Waals surface area contributed by atoms with E-state index >= 15 is 0 Å². The Kier molecular flexibility index (Phi) is 11.3. The van der Waals surface area contributed by atoms with Crippen LogP contribution in [0.2, 0.25) is 0 Å². The molecule has 0 bridgehead atoms. The van der Waals surface area contributed by atoms with Crippen LogP contribution in [-0.2, 0) is 20.0 Å². The van der Waals surface area contributed by atoms with E-state index in [9.17, 15) is 26.4 Å². The fourth-order valence-electron chi connectivity index (χ4n) is 6.76. The molecule has 0 saturated carbocycles. The largest absolute Gasteiger partial charge is 0.497 e. The number of methoxy groups -OCH3 is 1. The van der Waals surface area contributed by atoms with Crippen LogP contribution in [0.1, 0.15) is 21.1 Å². The maximum atomic E-state index is 12.9. The number of nitrogens with two attached hydrogens (primary N) is 1. The van der Waals surface area contributed by atoms with Gasteiger partial charge < -0.3 is 34.2 Å². The number of rotatable bonds is 9. The number of carboxylic acid groups (broad SMARTS) is 1. The first-order valence-corrected chi connectivity index (χ1v) is 21.4. The Morgan fingerprint density at radius 2 is 1.25 bits per heavy atom. The summed E-state index contributed by atoms with van der Waals surface area (Å²) < 4.78 is 70.9. The number of carbonyl (C=O) groups excluding carboxylic acids is 1. The van der Waals surface area contributed by atoms with E-state index in [-0.39, 0.29) is 16.4 Å². The summed E-state index contributed by atoms with van der Waals surface area (Å²) in [6.45, 7) is 3.66. The zero-order chi connectivity index (χ0) is 40.5. The average molecular weight is 881 g/mol. The molecule has 18 heteroatoms. The predicted octanol–water partition coefficient (Wildman–Crippen LogP) is 5.46. The van der Waals surface area contributed by atoms with Gasteiger partial charge in [0.05, 0.1) is 27.1 Å². The van der Waals surface area contributed by atoms with E-state index < -0.39 is 31.9 Å². The molecule has 0 unspecified atom stereocenters. The zero-order valence-electron chi connectivity index (χ0n) is 30.6. The number of aromatic carboxylic acids is 1. The topological polar surface area (TPSA) is 197 Å². The molecule has 0 spiro atoms. The van der Waals surface area contributed by atoms with Gasteiger partial charge in [0.15, 0.2) is 5.76 Å². The molecule has 4 heterocycles. The minimum Gasteiger partial charge on any atom is -0.497 e. The number of primary amides is 1. The number of hydrogen-bond donors (Lipinski definition) is 2. The van der Waals surface area contributed by atoms with Crippen molar-refractivity contribution in [2.24, 2.45) is 5.73 Å². The number of ether oxygens (including phenoxy) is 1. The van der Waals surface area contributed by atoms with Crippen LogP contribution in [0.15, 0.2) is 120 Å². The highest BCUT2D eigenvalue weighted by atomic mass is 79.9. The molecule has 3 N–H and O–H groups in total. The van der Waals surface area contributed by atoms with Gasteiger partial charge in [-0.25, -0.2) is 21.6 Å². The van der Waals surface area contributed by atoms with E-state index in [1.54, 1.807) is 72.8 Å². The first kappa shape index (κ1) is 39.8. The van der Waals surface area contributed by atoms with Crippen LogP contribution < -0.4 is 20.3 Å². The zero-order valence-corrected chi connectivity index (χ0v) is 33.8. The summed E-state index contributed by atoms with van der Waals surface area (Å²) in [7, 11) is -5.51. The molecule has 15 nitrogen and oxygen atoms in total. The van der Waals surface area contributed by atoms with Crippen LogP contribution in [0.25, 0.3) is 21.9 Å². The lowest BCUT2D eigenvalue weighted by atomic mass is 10.2. The predicted molar refractivity (Wildman–Crippen MR) is 217 cm³/mol. The second-order valence-electron chi connectivity index (χ2n) is 13.2. The van der Waals surface area contributed by atoms with Gasteiger partial charge in [0.25, 0.3) is 5.91 Å². The van der Waals surface area contributed by atoms with E-state index in [0.717, 1.165) is 21.2 Å². The number of amides is 1. The Balaban J connectivity index is 0.000000175. The number of fused-ring (bicyclic) bond motifs is 2. The summed E-state index contributed by atoms with van der Waals surface area (Å²) in [5.74, 6) is -1.12. The highest BCUT2D eigenvalue weighted by molar-refractivity contribution is 9.10. The van der Waals surface area contributed by atoms with E-state index in [1.165, 1.54) is 21.8 Å². The molecule has 2 aromatic heterocycles. The van der Waals surface area contributed by atoms with Crippen molar-refractivity contribution in [1.29, 1.82) is 0 Å². The number of piperazine rings is 2. The third kappa shape index (κ3) is 8.22. The minimum absolute atomic E-state index is 0.0956. The fraction of sp³-hybridized carbons (Fsp3) is 0.231. The quantitative estimate of drug-likeness (QED) is 0.187. The normalized spacial score (nSPS) is 15.7. The molecule has 0 atom stereocenters. The van der Waals surface area contributed by atoms with Gasteiger partial charge in [-0.1, -0.05) is 18.2 Å². The monoisotopic (exact) mass is 879 g/mol. The number of nitrogens with zero attached hydrogens (tertiary/aromatic N) is 4. The summed E-state index contributed by atoms with van der Waals surface area (Å²) in [5, 5.41) is 10.5. The number of halogens is 1. The van der Waals surface area contributed by atoms with Crippen LogP contribution in [-0.4, -0.2) is 102 Å². The summed E-state index contributed by atoms with van der Waals surface area (Å²) in [4.78, 5) is 27.2. The molecular formula is C39H38BrN5O10S2. The SMILES string of the molecule is COc1ccc(S(=O)(=O)N2CCN(c3ccc4oc(C(N)=O)cc4c3Br)CC2)cc1.O=C(O)c1cc2cc(N3CCN(S(=O)(=O)c4ccccc4)CC3)ccc2o1. The Morgan fingerprint density at radius 1 is 0.684 bits per heavy atom. The van der Waals surface area contributed by atoms with Crippen molar-refractivity contribution in [2.45, 2.75) is 9.79 Å². The summed E-state index contributed by atoms with van der Waals surface area (Å²) in [6, 6.07) is 27.1. The molecule has 4 aromatic carbocycles. The molecule has 0 radical (unpaired) electrons. The van der Waals surface area contributed by atoms with Crippen molar-refractivity contribution in [3.63, 3.8) is 0 Å². The Labute approximate surface area is 337 Å². The minimum atomic E-state index is -3.57. The number of furan rings is 2. The maximum absolute atomic E-state index is 12.9. The van der Waals surface area contributed by atoms with Crippen molar-refractivity contribution in [2.75, 3.05) is 69.3 Å². The molecular weight excluding hydrogens is 842 g/mol. The second-order valence-corrected chi connectivity index (χ2v) is 17.9. The molecule has 2 aliphatic heterocycles. The van der Waals surface area contributed by atoms with Crippen LogP contribution in [0.4, 0.5) is 11.4 Å². The number of anilines is 2. The number of benzene rings is 4. The summed E-state index contributed by atoms with van der Waals surface area (Å²) in [6.07, 6.45) is 0. The molecule has 298 valence electrons. The van der Waals surface area contributed by atoms with Crippen molar-refractivity contribution in [1.82, 2.24) is 8.61 Å². The Hall–Kier alpha value is -5.40. The fourth-order valence-corrected chi connectivity index (χ4v) is 10.3. The van der Waals surface area contributed by atoms with Crippen molar-refractivity contribution in [3.8, 4) is 5.75 Å². The lowest BCUT2D eigenvalue weighted by Crippen LogP contribution is -2.48. The lowest BCUT2D eigenvalue weighted by Gasteiger charge is -2.35. The van der Waals surface area contributed by atoms with Crippen molar-refractivity contribution in [3.05, 3.63) is 113 Å². The lowest BCUT2D eigenvalue weighted by molar-refractivity contribution is 0.0664. The van der Waals surface area contributed by atoms with Gasteiger partial charge >= 0.3 is 5.97 Å². The average Bonchev–Trinajstić information content (AvgIpc) is 3.88. The first-order valence-electron chi connectivity index (χ1n) is 17.7. The Morgan fingerprint density at radius 3 is 1.82 bits per heavy atom. The van der Waals surface area contributed by atoms with E-state index in [0.29, 0.717) is 79.6 Å². The molecule has 2 aliphatic rings.